The highest BCUT2D eigenvalue weighted by atomic mass is 32.1. The van der Waals surface area contributed by atoms with E-state index < -0.39 is 0 Å². The third-order valence-electron chi connectivity index (χ3n) is 3.68. The Bertz CT molecular complexity index is 506. The largest absolute Gasteiger partial charge is 0.355 e. The van der Waals surface area contributed by atoms with Crippen LogP contribution in [0.4, 0.5) is 0 Å². The van der Waals surface area contributed by atoms with Crippen LogP contribution in [0.15, 0.2) is 6.07 Å². The number of thiophene rings is 1. The number of nitrogens with one attached hydrogen (secondary N) is 1. The summed E-state index contributed by atoms with van der Waals surface area (Å²) in [5.41, 5.74) is 6.68. The van der Waals surface area contributed by atoms with Crippen LogP contribution in [0.5, 0.6) is 0 Å². The van der Waals surface area contributed by atoms with E-state index in [0.29, 0.717) is 12.5 Å². The van der Waals surface area contributed by atoms with Gasteiger partial charge >= 0.3 is 0 Å². The summed E-state index contributed by atoms with van der Waals surface area (Å²) < 4.78 is 0. The molecule has 5 heteroatoms. The molecule has 1 aliphatic rings. The molecule has 2 rings (SSSR count). The van der Waals surface area contributed by atoms with Crippen molar-refractivity contribution in [2.45, 2.75) is 45.6 Å². The van der Waals surface area contributed by atoms with E-state index in [2.05, 4.69) is 5.32 Å². The van der Waals surface area contributed by atoms with E-state index in [1.165, 1.54) is 12.8 Å². The van der Waals surface area contributed by atoms with Gasteiger partial charge in [0.1, 0.15) is 0 Å². The zero-order valence-corrected chi connectivity index (χ0v) is 12.9. The van der Waals surface area contributed by atoms with Gasteiger partial charge in [-0.05, 0) is 38.7 Å². The number of nitrogens with two attached hydrogens (primary N) is 1. The first-order valence-corrected chi connectivity index (χ1v) is 7.91. The molecule has 110 valence electrons. The molecule has 1 saturated carbocycles. The Balaban J connectivity index is 1.72. The Morgan fingerprint density at radius 1 is 1.40 bits per heavy atom. The van der Waals surface area contributed by atoms with Crippen LogP contribution >= 0.6 is 11.3 Å². The van der Waals surface area contributed by atoms with Gasteiger partial charge in [0, 0.05) is 40.7 Å². The molecule has 0 radical (unpaired) electrons. The Kier molecular flexibility index (Phi) is 4.94. The standard InChI is InChI=1S/C15H22N2O2S/c1-9-7-12(10(2)20-9)14(18)5-6-15(19)17-8-13(16)11-3-4-11/h7,11,13H,3-6,8,16H2,1-2H3,(H,17,19). The van der Waals surface area contributed by atoms with Crippen molar-refractivity contribution in [2.75, 3.05) is 6.54 Å². The zero-order chi connectivity index (χ0) is 14.7. The van der Waals surface area contributed by atoms with E-state index in [1.807, 2.05) is 19.9 Å². The molecule has 0 spiro atoms. The highest BCUT2D eigenvalue weighted by molar-refractivity contribution is 7.12. The highest BCUT2D eigenvalue weighted by Gasteiger charge is 2.28. The van der Waals surface area contributed by atoms with E-state index in [4.69, 9.17) is 5.73 Å². The molecule has 1 unspecified atom stereocenters. The first-order chi connectivity index (χ1) is 9.47. The number of Topliss-reactive ketones (excluding diaryl/α,β-unsaturated/α-hetero) is 1. The summed E-state index contributed by atoms with van der Waals surface area (Å²) in [6.07, 6.45) is 2.85. The summed E-state index contributed by atoms with van der Waals surface area (Å²) >= 11 is 1.62. The third-order valence-corrected chi connectivity index (χ3v) is 4.65. The van der Waals surface area contributed by atoms with Crippen molar-refractivity contribution in [3.63, 3.8) is 0 Å². The van der Waals surface area contributed by atoms with Crippen molar-refractivity contribution < 1.29 is 9.59 Å². The lowest BCUT2D eigenvalue weighted by Crippen LogP contribution is -2.38. The molecule has 1 amide bonds. The number of carbonyl (C=O) groups is 2. The highest BCUT2D eigenvalue weighted by Crippen LogP contribution is 2.31. The van der Waals surface area contributed by atoms with Gasteiger partial charge < -0.3 is 11.1 Å². The van der Waals surface area contributed by atoms with Crippen LogP contribution in [0, 0.1) is 19.8 Å². The van der Waals surface area contributed by atoms with Gasteiger partial charge in [0.25, 0.3) is 0 Å². The van der Waals surface area contributed by atoms with Crippen LogP contribution in [-0.4, -0.2) is 24.3 Å². The zero-order valence-electron chi connectivity index (χ0n) is 12.1. The second-order valence-corrected chi connectivity index (χ2v) is 7.02. The Morgan fingerprint density at radius 2 is 2.10 bits per heavy atom. The molecule has 0 bridgehead atoms. The molecule has 0 aromatic carbocycles. The lowest BCUT2D eigenvalue weighted by atomic mass is 10.1. The Labute approximate surface area is 123 Å². The number of rotatable bonds is 7. The van der Waals surface area contributed by atoms with Gasteiger partial charge in [0.2, 0.25) is 5.91 Å². The van der Waals surface area contributed by atoms with Gasteiger partial charge in [0.05, 0.1) is 0 Å². The van der Waals surface area contributed by atoms with E-state index >= 15 is 0 Å². The average molecular weight is 294 g/mol. The molecule has 1 atom stereocenters. The van der Waals surface area contributed by atoms with Crippen LogP contribution in [0.3, 0.4) is 0 Å². The number of amides is 1. The summed E-state index contributed by atoms with van der Waals surface area (Å²) in [6, 6.07) is 1.97. The second-order valence-electron chi connectivity index (χ2n) is 5.56. The fourth-order valence-corrected chi connectivity index (χ4v) is 3.22. The summed E-state index contributed by atoms with van der Waals surface area (Å²) in [7, 11) is 0. The second kappa shape index (κ2) is 6.50. The summed E-state index contributed by atoms with van der Waals surface area (Å²) in [5.74, 6) is 0.543. The van der Waals surface area contributed by atoms with Crippen LogP contribution in [-0.2, 0) is 4.79 Å². The van der Waals surface area contributed by atoms with Gasteiger partial charge in [-0.2, -0.15) is 0 Å². The Morgan fingerprint density at radius 3 is 2.65 bits per heavy atom. The van der Waals surface area contributed by atoms with Gasteiger partial charge in [-0.25, -0.2) is 0 Å². The summed E-state index contributed by atoms with van der Waals surface area (Å²) in [5, 5.41) is 2.82. The normalized spacial score (nSPS) is 15.9. The molecule has 1 aromatic heterocycles. The number of hydrogen-bond acceptors (Lipinski definition) is 4. The molecule has 20 heavy (non-hydrogen) atoms. The topological polar surface area (TPSA) is 72.2 Å². The molecule has 3 N–H and O–H groups in total. The van der Waals surface area contributed by atoms with Crippen LogP contribution in [0.25, 0.3) is 0 Å². The molecule has 1 fully saturated rings. The molecule has 1 aliphatic carbocycles. The summed E-state index contributed by atoms with van der Waals surface area (Å²) in [6.45, 7) is 4.45. The van der Waals surface area contributed by atoms with E-state index in [0.717, 1.165) is 15.3 Å². The third kappa shape index (κ3) is 4.15. The number of ketones is 1. The summed E-state index contributed by atoms with van der Waals surface area (Å²) in [4.78, 5) is 25.9. The predicted molar refractivity (Wildman–Crippen MR) is 81.1 cm³/mol. The fourth-order valence-electron chi connectivity index (χ4n) is 2.28. The Hall–Kier alpha value is -1.20. The first kappa shape index (κ1) is 15.2. The monoisotopic (exact) mass is 294 g/mol. The first-order valence-electron chi connectivity index (χ1n) is 7.10. The number of aryl methyl sites for hydroxylation is 2. The fraction of sp³-hybridized carbons (Fsp3) is 0.600. The molecule has 1 heterocycles. The quantitative estimate of drug-likeness (QED) is 0.757. The van der Waals surface area contributed by atoms with Gasteiger partial charge in [0.15, 0.2) is 5.78 Å². The molecule has 4 nitrogen and oxygen atoms in total. The maximum atomic E-state index is 12.0. The lowest BCUT2D eigenvalue weighted by molar-refractivity contribution is -0.121. The molecule has 0 aliphatic heterocycles. The van der Waals surface area contributed by atoms with Gasteiger partial charge in [-0.15, -0.1) is 11.3 Å². The minimum absolute atomic E-state index is 0.0495. The maximum Gasteiger partial charge on any atom is 0.220 e. The number of hydrogen-bond donors (Lipinski definition) is 2. The van der Waals surface area contributed by atoms with Crippen molar-refractivity contribution in [1.29, 1.82) is 0 Å². The van der Waals surface area contributed by atoms with Crippen molar-refractivity contribution >= 4 is 23.0 Å². The SMILES string of the molecule is Cc1cc(C(=O)CCC(=O)NCC(N)C2CC2)c(C)s1. The van der Waals surface area contributed by atoms with Crippen LogP contribution in [0.1, 0.15) is 45.8 Å². The predicted octanol–water partition coefficient (Wildman–Crippen LogP) is 2.18. The molecule has 0 saturated heterocycles. The van der Waals surface area contributed by atoms with E-state index in [-0.39, 0.29) is 30.6 Å². The maximum absolute atomic E-state index is 12.0. The van der Waals surface area contributed by atoms with Crippen LogP contribution < -0.4 is 11.1 Å². The van der Waals surface area contributed by atoms with Crippen molar-refractivity contribution in [1.82, 2.24) is 5.32 Å². The van der Waals surface area contributed by atoms with Gasteiger partial charge in [-0.1, -0.05) is 0 Å². The lowest BCUT2D eigenvalue weighted by Gasteiger charge is -2.11. The minimum Gasteiger partial charge on any atom is -0.355 e. The number of carbonyl (C=O) groups excluding carboxylic acids is 2. The molecular formula is C15H22N2O2S. The smallest absolute Gasteiger partial charge is 0.220 e. The van der Waals surface area contributed by atoms with Crippen molar-refractivity contribution in [3.8, 4) is 0 Å². The van der Waals surface area contributed by atoms with E-state index in [1.54, 1.807) is 11.3 Å². The molecule has 1 aromatic rings. The van der Waals surface area contributed by atoms with Gasteiger partial charge in [-0.3, -0.25) is 9.59 Å². The molecular weight excluding hydrogens is 272 g/mol. The van der Waals surface area contributed by atoms with Crippen molar-refractivity contribution in [3.05, 3.63) is 21.4 Å². The van der Waals surface area contributed by atoms with Crippen LogP contribution in [0.2, 0.25) is 0 Å². The van der Waals surface area contributed by atoms with E-state index in [9.17, 15) is 9.59 Å². The minimum atomic E-state index is -0.0842. The van der Waals surface area contributed by atoms with Crippen molar-refractivity contribution in [2.24, 2.45) is 11.7 Å². The average Bonchev–Trinajstić information content (AvgIpc) is 3.19.